The van der Waals surface area contributed by atoms with Crippen molar-refractivity contribution in [1.82, 2.24) is 0 Å². The first-order valence-electron chi connectivity index (χ1n) is 6.45. The molecule has 0 heterocycles. The Kier molecular flexibility index (Phi) is 3.68. The maximum Gasteiger partial charge on any atom is 0.0651 e. The minimum absolute atomic E-state index is 0.357. The lowest BCUT2D eigenvalue weighted by molar-refractivity contribution is -0.0321. The molecular weight excluding hydrogens is 188 g/mol. The van der Waals surface area contributed by atoms with Crippen LogP contribution in [-0.4, -0.2) is 24.4 Å². The molecule has 2 aliphatic carbocycles. The van der Waals surface area contributed by atoms with Crippen LogP contribution < -0.4 is 0 Å². The number of aliphatic hydroxyl groups is 1. The van der Waals surface area contributed by atoms with Gasteiger partial charge in [-0.25, -0.2) is 0 Å². The lowest BCUT2D eigenvalue weighted by Crippen LogP contribution is -2.36. The number of methoxy groups -OCH3 is 1. The van der Waals surface area contributed by atoms with Gasteiger partial charge in [-0.15, -0.1) is 0 Å². The molecule has 0 aromatic rings. The maximum absolute atomic E-state index is 10.5. The Morgan fingerprint density at radius 1 is 1.27 bits per heavy atom. The van der Waals surface area contributed by atoms with E-state index in [4.69, 9.17) is 4.74 Å². The average Bonchev–Trinajstić information content (AvgIpc) is 3.01. The molecule has 88 valence electrons. The van der Waals surface area contributed by atoms with Crippen molar-refractivity contribution in [3.63, 3.8) is 0 Å². The molecule has 0 radical (unpaired) electrons. The molecule has 0 aliphatic heterocycles. The molecule has 2 nitrogen and oxygen atoms in total. The summed E-state index contributed by atoms with van der Waals surface area (Å²) in [5.74, 6) is 1.78. The normalized spacial score (nSPS) is 36.8. The van der Waals surface area contributed by atoms with Crippen molar-refractivity contribution >= 4 is 0 Å². The molecule has 0 aromatic carbocycles. The highest BCUT2D eigenvalue weighted by Gasteiger charge is 2.40. The van der Waals surface area contributed by atoms with Gasteiger partial charge in [-0.2, -0.15) is 0 Å². The Labute approximate surface area is 93.0 Å². The summed E-state index contributed by atoms with van der Waals surface area (Å²) >= 11 is 0. The minimum Gasteiger partial charge on any atom is -0.390 e. The quantitative estimate of drug-likeness (QED) is 0.710. The van der Waals surface area contributed by atoms with E-state index in [1.165, 1.54) is 25.7 Å². The number of hydrogen-bond donors (Lipinski definition) is 1. The van der Waals surface area contributed by atoms with E-state index in [0.717, 1.165) is 44.1 Å². The average molecular weight is 212 g/mol. The highest BCUT2D eigenvalue weighted by molar-refractivity contribution is 4.92. The van der Waals surface area contributed by atoms with E-state index < -0.39 is 0 Å². The van der Waals surface area contributed by atoms with Crippen LogP contribution in [0, 0.1) is 11.8 Å². The van der Waals surface area contributed by atoms with Crippen LogP contribution in [0.2, 0.25) is 0 Å². The molecule has 1 N–H and O–H groups in total. The van der Waals surface area contributed by atoms with Crippen LogP contribution in [0.4, 0.5) is 0 Å². The van der Waals surface area contributed by atoms with Gasteiger partial charge in [-0.1, -0.05) is 6.42 Å². The molecule has 0 spiro atoms. The van der Waals surface area contributed by atoms with Crippen LogP contribution in [0.3, 0.4) is 0 Å². The monoisotopic (exact) mass is 212 g/mol. The van der Waals surface area contributed by atoms with Crippen LogP contribution in [0.25, 0.3) is 0 Å². The third-order valence-corrected chi connectivity index (χ3v) is 4.14. The fourth-order valence-electron chi connectivity index (χ4n) is 3.13. The molecule has 2 fully saturated rings. The van der Waals surface area contributed by atoms with E-state index in [1.54, 1.807) is 7.11 Å². The smallest absolute Gasteiger partial charge is 0.0651 e. The highest BCUT2D eigenvalue weighted by Crippen LogP contribution is 2.47. The van der Waals surface area contributed by atoms with Crippen molar-refractivity contribution in [2.24, 2.45) is 11.8 Å². The molecule has 2 saturated carbocycles. The van der Waals surface area contributed by atoms with E-state index in [-0.39, 0.29) is 5.60 Å². The first-order chi connectivity index (χ1) is 7.23. The van der Waals surface area contributed by atoms with E-state index in [2.05, 4.69) is 0 Å². The largest absolute Gasteiger partial charge is 0.390 e. The molecule has 15 heavy (non-hydrogen) atoms. The van der Waals surface area contributed by atoms with Crippen molar-refractivity contribution in [2.75, 3.05) is 13.7 Å². The van der Waals surface area contributed by atoms with Crippen LogP contribution in [0.5, 0.6) is 0 Å². The van der Waals surface area contributed by atoms with E-state index in [9.17, 15) is 5.11 Å². The van der Waals surface area contributed by atoms with Crippen LogP contribution in [0.15, 0.2) is 0 Å². The Bertz CT molecular complexity index is 201. The zero-order valence-corrected chi connectivity index (χ0v) is 9.87. The maximum atomic E-state index is 10.5. The first kappa shape index (κ1) is 11.4. The molecule has 0 amide bonds. The number of hydrogen-bond acceptors (Lipinski definition) is 2. The summed E-state index contributed by atoms with van der Waals surface area (Å²) in [6.45, 7) is 0.788. The Morgan fingerprint density at radius 3 is 2.73 bits per heavy atom. The summed E-state index contributed by atoms with van der Waals surface area (Å²) in [5.41, 5.74) is -0.357. The van der Waals surface area contributed by atoms with Crippen LogP contribution in [0.1, 0.15) is 51.4 Å². The summed E-state index contributed by atoms with van der Waals surface area (Å²) in [6, 6.07) is 0. The molecule has 0 aromatic heterocycles. The predicted molar refractivity (Wildman–Crippen MR) is 60.7 cm³/mol. The topological polar surface area (TPSA) is 29.5 Å². The van der Waals surface area contributed by atoms with Crippen LogP contribution in [-0.2, 0) is 4.74 Å². The Hall–Kier alpha value is -0.0800. The second kappa shape index (κ2) is 4.84. The highest BCUT2D eigenvalue weighted by atomic mass is 16.5. The molecule has 2 unspecified atom stereocenters. The first-order valence-corrected chi connectivity index (χ1v) is 6.45. The summed E-state index contributed by atoms with van der Waals surface area (Å²) in [6.07, 6.45) is 9.43. The van der Waals surface area contributed by atoms with E-state index in [0.29, 0.717) is 0 Å². The van der Waals surface area contributed by atoms with Gasteiger partial charge in [0.2, 0.25) is 0 Å². The molecular formula is C13H24O2. The standard InChI is InChI=1S/C13H24O2/c1-15-9-3-8-13(14)7-2-4-12(10-13)11-5-6-11/h11-12,14H,2-10H2,1H3. The molecule has 0 saturated heterocycles. The van der Waals surface area contributed by atoms with Gasteiger partial charge in [0.05, 0.1) is 5.60 Å². The second-order valence-corrected chi connectivity index (χ2v) is 5.51. The van der Waals surface area contributed by atoms with Gasteiger partial charge in [-0.05, 0) is 56.8 Å². The van der Waals surface area contributed by atoms with Crippen LogP contribution >= 0.6 is 0 Å². The fraction of sp³-hybridized carbons (Fsp3) is 1.00. The molecule has 2 heteroatoms. The zero-order valence-electron chi connectivity index (χ0n) is 9.87. The van der Waals surface area contributed by atoms with Gasteiger partial charge < -0.3 is 9.84 Å². The van der Waals surface area contributed by atoms with Crippen molar-refractivity contribution in [3.05, 3.63) is 0 Å². The Morgan fingerprint density at radius 2 is 2.07 bits per heavy atom. The fourth-order valence-corrected chi connectivity index (χ4v) is 3.13. The summed E-state index contributed by atoms with van der Waals surface area (Å²) in [5, 5.41) is 10.5. The van der Waals surface area contributed by atoms with E-state index in [1.807, 2.05) is 0 Å². The van der Waals surface area contributed by atoms with Gasteiger partial charge in [0.15, 0.2) is 0 Å². The summed E-state index contributed by atoms with van der Waals surface area (Å²) < 4.78 is 5.05. The molecule has 0 bridgehead atoms. The van der Waals surface area contributed by atoms with Gasteiger partial charge in [0, 0.05) is 13.7 Å². The zero-order chi connectivity index (χ0) is 10.7. The van der Waals surface area contributed by atoms with Gasteiger partial charge in [0.25, 0.3) is 0 Å². The van der Waals surface area contributed by atoms with Gasteiger partial charge in [0.1, 0.15) is 0 Å². The number of ether oxygens (including phenoxy) is 1. The van der Waals surface area contributed by atoms with Gasteiger partial charge >= 0.3 is 0 Å². The molecule has 2 atom stereocenters. The Balaban J connectivity index is 1.78. The predicted octanol–water partition coefficient (Wildman–Crippen LogP) is 2.74. The lowest BCUT2D eigenvalue weighted by atomic mass is 9.74. The SMILES string of the molecule is COCCCC1(O)CCCC(C2CC2)C1. The minimum atomic E-state index is -0.357. The third-order valence-electron chi connectivity index (χ3n) is 4.14. The number of rotatable bonds is 5. The van der Waals surface area contributed by atoms with E-state index >= 15 is 0 Å². The second-order valence-electron chi connectivity index (χ2n) is 5.51. The van der Waals surface area contributed by atoms with Crippen molar-refractivity contribution in [2.45, 2.75) is 57.0 Å². The molecule has 2 rings (SSSR count). The van der Waals surface area contributed by atoms with Crippen molar-refractivity contribution in [1.29, 1.82) is 0 Å². The summed E-state index contributed by atoms with van der Waals surface area (Å²) in [7, 11) is 1.73. The lowest BCUT2D eigenvalue weighted by Gasteiger charge is -2.37. The van der Waals surface area contributed by atoms with Crippen molar-refractivity contribution < 1.29 is 9.84 Å². The summed E-state index contributed by atoms with van der Waals surface area (Å²) in [4.78, 5) is 0. The van der Waals surface area contributed by atoms with Gasteiger partial charge in [-0.3, -0.25) is 0 Å². The third kappa shape index (κ3) is 3.18. The van der Waals surface area contributed by atoms with Crippen molar-refractivity contribution in [3.8, 4) is 0 Å². The molecule has 2 aliphatic rings.